The number of hydrogen-bond donors (Lipinski definition) is 4. The smallest absolute Gasteiger partial charge is 0.161 e. The maximum atomic E-state index is 9.74. The number of ether oxygens (including phenoxy) is 1. The van der Waals surface area contributed by atoms with Gasteiger partial charge in [0.2, 0.25) is 0 Å². The molecule has 0 amide bonds. The average Bonchev–Trinajstić information content (AvgIpc) is 2.32. The molecular formula is C11H16ClNO4. The summed E-state index contributed by atoms with van der Waals surface area (Å²) >= 11 is 0. The van der Waals surface area contributed by atoms with Gasteiger partial charge in [-0.2, -0.15) is 0 Å². The average molecular weight is 262 g/mol. The molecule has 96 valence electrons. The lowest BCUT2D eigenvalue weighted by molar-refractivity contribution is -0.0472. The number of phenols is 2. The van der Waals surface area contributed by atoms with Crippen LogP contribution in [-0.4, -0.2) is 34.6 Å². The van der Waals surface area contributed by atoms with Crippen molar-refractivity contribution in [2.75, 3.05) is 13.2 Å². The normalized spacial score (nSPS) is 22.7. The largest absolute Gasteiger partial charge is 0.504 e. The standard InChI is InChI=1S/C11H15NO4.ClH/c12-4-10-7-1-2-9(14)11(15)8(7)3-6(5-13)16-10;/h1-2,6,10,13-15H,3-5,12H2;1H. The van der Waals surface area contributed by atoms with Gasteiger partial charge in [-0.3, -0.25) is 0 Å². The molecule has 1 heterocycles. The Hall–Kier alpha value is -1.01. The summed E-state index contributed by atoms with van der Waals surface area (Å²) in [5.41, 5.74) is 6.96. The third-order valence-electron chi connectivity index (χ3n) is 2.85. The Balaban J connectivity index is 0.00000144. The lowest BCUT2D eigenvalue weighted by Crippen LogP contribution is -2.32. The minimum Gasteiger partial charge on any atom is -0.504 e. The van der Waals surface area contributed by atoms with Crippen molar-refractivity contribution in [2.24, 2.45) is 5.73 Å². The minimum absolute atomic E-state index is 0. The summed E-state index contributed by atoms with van der Waals surface area (Å²) < 4.78 is 5.54. The van der Waals surface area contributed by atoms with Crippen LogP contribution in [0.3, 0.4) is 0 Å². The molecule has 1 aromatic carbocycles. The summed E-state index contributed by atoms with van der Waals surface area (Å²) in [6.07, 6.45) is -0.344. The number of hydrogen-bond acceptors (Lipinski definition) is 5. The van der Waals surface area contributed by atoms with Crippen molar-refractivity contribution >= 4 is 12.4 Å². The number of benzene rings is 1. The molecule has 1 aliphatic heterocycles. The number of fused-ring (bicyclic) bond motifs is 1. The number of halogens is 1. The summed E-state index contributed by atoms with van der Waals surface area (Å²) in [4.78, 5) is 0. The van der Waals surface area contributed by atoms with Crippen molar-refractivity contribution in [1.29, 1.82) is 0 Å². The van der Waals surface area contributed by atoms with E-state index in [2.05, 4.69) is 0 Å². The Kier molecular flexibility index (Phi) is 4.59. The molecule has 0 aliphatic carbocycles. The molecule has 2 atom stereocenters. The monoisotopic (exact) mass is 261 g/mol. The summed E-state index contributed by atoms with van der Waals surface area (Å²) in [7, 11) is 0. The van der Waals surface area contributed by atoms with Crippen molar-refractivity contribution in [1.82, 2.24) is 0 Å². The zero-order valence-corrected chi connectivity index (χ0v) is 9.98. The zero-order valence-electron chi connectivity index (χ0n) is 9.17. The first kappa shape index (κ1) is 14.1. The topological polar surface area (TPSA) is 95.9 Å². The van der Waals surface area contributed by atoms with E-state index in [1.807, 2.05) is 0 Å². The third-order valence-corrected chi connectivity index (χ3v) is 2.85. The van der Waals surface area contributed by atoms with Crippen molar-refractivity contribution in [2.45, 2.75) is 18.6 Å². The quantitative estimate of drug-likeness (QED) is 0.580. The molecule has 1 aliphatic rings. The number of nitrogens with two attached hydrogens (primary N) is 1. The van der Waals surface area contributed by atoms with Gasteiger partial charge >= 0.3 is 0 Å². The number of phenolic OH excluding ortho intramolecular Hbond substituents is 2. The van der Waals surface area contributed by atoms with Crippen LogP contribution in [0.25, 0.3) is 0 Å². The van der Waals surface area contributed by atoms with E-state index in [1.165, 1.54) is 6.07 Å². The van der Waals surface area contributed by atoms with Gasteiger partial charge in [0.1, 0.15) is 0 Å². The molecule has 5 N–H and O–H groups in total. The second-order valence-corrected chi connectivity index (χ2v) is 3.87. The van der Waals surface area contributed by atoms with E-state index in [9.17, 15) is 10.2 Å². The van der Waals surface area contributed by atoms with E-state index in [4.69, 9.17) is 15.6 Å². The van der Waals surface area contributed by atoms with Gasteiger partial charge in [0.15, 0.2) is 11.5 Å². The predicted molar refractivity (Wildman–Crippen MR) is 64.5 cm³/mol. The van der Waals surface area contributed by atoms with E-state index in [0.29, 0.717) is 12.0 Å². The lowest BCUT2D eigenvalue weighted by Gasteiger charge is -2.31. The Bertz CT molecular complexity index is 399. The Labute approximate surface area is 105 Å². The second kappa shape index (κ2) is 5.55. The predicted octanol–water partition coefficient (Wildman–Crippen LogP) is 0.453. The highest BCUT2D eigenvalue weighted by Gasteiger charge is 2.29. The van der Waals surface area contributed by atoms with Crippen molar-refractivity contribution in [3.63, 3.8) is 0 Å². The Morgan fingerprint density at radius 1 is 1.35 bits per heavy atom. The summed E-state index contributed by atoms with van der Waals surface area (Å²) in [5, 5.41) is 28.2. The molecule has 1 aromatic rings. The summed E-state index contributed by atoms with van der Waals surface area (Å²) in [6, 6.07) is 3.11. The fourth-order valence-corrected chi connectivity index (χ4v) is 2.03. The van der Waals surface area contributed by atoms with Gasteiger partial charge < -0.3 is 25.8 Å². The van der Waals surface area contributed by atoms with Gasteiger partial charge in [-0.25, -0.2) is 0 Å². The first-order chi connectivity index (χ1) is 7.67. The maximum absolute atomic E-state index is 9.74. The number of rotatable bonds is 2. The first-order valence-corrected chi connectivity index (χ1v) is 5.17. The van der Waals surface area contributed by atoms with Crippen molar-refractivity contribution < 1.29 is 20.1 Å². The van der Waals surface area contributed by atoms with Crippen LogP contribution in [0, 0.1) is 0 Å². The Morgan fingerprint density at radius 3 is 2.65 bits per heavy atom. The van der Waals surface area contributed by atoms with Gasteiger partial charge in [0, 0.05) is 18.5 Å². The molecule has 0 fully saturated rings. The third kappa shape index (κ3) is 2.47. The zero-order chi connectivity index (χ0) is 11.7. The van der Waals surface area contributed by atoms with Gasteiger partial charge in [0.05, 0.1) is 18.8 Å². The fourth-order valence-electron chi connectivity index (χ4n) is 2.03. The molecule has 2 rings (SSSR count). The second-order valence-electron chi connectivity index (χ2n) is 3.87. The van der Waals surface area contributed by atoms with Crippen LogP contribution < -0.4 is 5.73 Å². The molecule has 0 saturated carbocycles. The van der Waals surface area contributed by atoms with Gasteiger partial charge in [-0.05, 0) is 11.6 Å². The van der Waals surface area contributed by atoms with E-state index >= 15 is 0 Å². The van der Waals surface area contributed by atoms with Crippen LogP contribution in [0.15, 0.2) is 12.1 Å². The van der Waals surface area contributed by atoms with Crippen LogP contribution >= 0.6 is 12.4 Å². The minimum atomic E-state index is -0.381. The molecule has 0 aromatic heterocycles. The highest BCUT2D eigenvalue weighted by atomic mass is 35.5. The van der Waals surface area contributed by atoms with E-state index in [0.717, 1.165) is 5.56 Å². The van der Waals surface area contributed by atoms with Crippen LogP contribution in [0.4, 0.5) is 0 Å². The number of aliphatic hydroxyl groups excluding tert-OH is 1. The fraction of sp³-hybridized carbons (Fsp3) is 0.455. The SMILES string of the molecule is Cl.NCC1OC(CO)Cc2c1ccc(O)c2O. The molecule has 17 heavy (non-hydrogen) atoms. The summed E-state index contributed by atoms with van der Waals surface area (Å²) in [6.45, 7) is 0.138. The van der Waals surface area contributed by atoms with Crippen molar-refractivity contribution in [3.8, 4) is 11.5 Å². The maximum Gasteiger partial charge on any atom is 0.161 e. The molecule has 2 unspecified atom stereocenters. The van der Waals surface area contributed by atoms with Gasteiger partial charge in [-0.1, -0.05) is 6.07 Å². The number of aromatic hydroxyl groups is 2. The lowest BCUT2D eigenvalue weighted by atomic mass is 9.93. The summed E-state index contributed by atoms with van der Waals surface area (Å²) in [5.74, 6) is -0.300. The number of aliphatic hydroxyl groups is 1. The molecule has 0 radical (unpaired) electrons. The van der Waals surface area contributed by atoms with Crippen LogP contribution in [0.2, 0.25) is 0 Å². The van der Waals surface area contributed by atoms with Gasteiger partial charge in [0.25, 0.3) is 0 Å². The highest BCUT2D eigenvalue weighted by molar-refractivity contribution is 5.85. The van der Waals surface area contributed by atoms with E-state index in [-0.39, 0.29) is 49.3 Å². The van der Waals surface area contributed by atoms with Crippen molar-refractivity contribution in [3.05, 3.63) is 23.3 Å². The van der Waals surface area contributed by atoms with E-state index < -0.39 is 0 Å². The highest BCUT2D eigenvalue weighted by Crippen LogP contribution is 2.39. The molecular weight excluding hydrogens is 246 g/mol. The molecule has 0 saturated heterocycles. The van der Waals surface area contributed by atoms with Crippen LogP contribution in [-0.2, 0) is 11.2 Å². The van der Waals surface area contributed by atoms with E-state index in [1.54, 1.807) is 6.07 Å². The Morgan fingerprint density at radius 2 is 2.06 bits per heavy atom. The molecule has 0 spiro atoms. The van der Waals surface area contributed by atoms with Crippen LogP contribution in [0.5, 0.6) is 11.5 Å². The molecule has 6 heteroatoms. The van der Waals surface area contributed by atoms with Gasteiger partial charge in [-0.15, -0.1) is 12.4 Å². The first-order valence-electron chi connectivity index (χ1n) is 5.17. The van der Waals surface area contributed by atoms with Crippen LogP contribution in [0.1, 0.15) is 17.2 Å². The molecule has 0 bridgehead atoms. The molecule has 5 nitrogen and oxygen atoms in total.